The maximum absolute atomic E-state index is 6.43. The number of benzene rings is 2. The first-order valence-electron chi connectivity index (χ1n) is 6.51. The van der Waals surface area contributed by atoms with Crippen molar-refractivity contribution in [3.63, 3.8) is 0 Å². The second-order valence-corrected chi connectivity index (χ2v) is 7.01. The highest BCUT2D eigenvalue weighted by molar-refractivity contribution is 9.11. The van der Waals surface area contributed by atoms with Gasteiger partial charge in [-0.1, -0.05) is 29.8 Å². The van der Waals surface area contributed by atoms with Crippen molar-refractivity contribution in [1.82, 2.24) is 4.98 Å². The molecule has 0 spiro atoms. The van der Waals surface area contributed by atoms with E-state index in [0.29, 0.717) is 6.54 Å². The maximum atomic E-state index is 6.43. The lowest BCUT2D eigenvalue weighted by atomic mass is 10.2. The summed E-state index contributed by atoms with van der Waals surface area (Å²) < 4.78 is 2.06. The first-order valence-corrected chi connectivity index (χ1v) is 8.47. The van der Waals surface area contributed by atoms with Crippen molar-refractivity contribution in [3.8, 4) is 0 Å². The molecule has 0 atom stereocenters. The van der Waals surface area contributed by atoms with Crippen LogP contribution in [0.3, 0.4) is 0 Å². The number of halogens is 3. The van der Waals surface area contributed by atoms with E-state index in [-0.39, 0.29) is 0 Å². The first kappa shape index (κ1) is 14.9. The second kappa shape index (κ2) is 6.03. The van der Waals surface area contributed by atoms with E-state index in [9.17, 15) is 0 Å². The highest BCUT2D eigenvalue weighted by Crippen LogP contribution is 2.34. The van der Waals surface area contributed by atoms with Gasteiger partial charge in [0.1, 0.15) is 0 Å². The Bertz CT molecular complexity index is 788. The van der Waals surface area contributed by atoms with Crippen LogP contribution in [0, 0.1) is 6.92 Å². The third-order valence-corrected chi connectivity index (χ3v) is 5.02. The number of aryl methyl sites for hydroxylation is 1. The molecular formula is C16H13Br2ClN2. The third-order valence-electron chi connectivity index (χ3n) is 3.34. The summed E-state index contributed by atoms with van der Waals surface area (Å²) in [5.74, 6) is 0. The Balaban J connectivity index is 1.89. The molecule has 0 aliphatic rings. The first-order chi connectivity index (χ1) is 10.1. The van der Waals surface area contributed by atoms with Crippen molar-refractivity contribution in [2.45, 2.75) is 13.5 Å². The molecule has 5 heteroatoms. The molecule has 1 heterocycles. The van der Waals surface area contributed by atoms with Gasteiger partial charge in [-0.3, -0.25) is 0 Å². The zero-order chi connectivity index (χ0) is 15.0. The molecule has 108 valence electrons. The standard InChI is InChI=1S/C16H13Br2ClN2/c1-9-6-11(17)16(12(18)7-9)20-8-14-15(19)10-4-2-3-5-13(10)21-14/h2-7,20-21H,8H2,1H3. The number of anilines is 1. The summed E-state index contributed by atoms with van der Waals surface area (Å²) in [4.78, 5) is 3.36. The molecule has 0 saturated heterocycles. The molecular weight excluding hydrogens is 415 g/mol. The number of hydrogen-bond acceptors (Lipinski definition) is 1. The molecule has 2 nitrogen and oxygen atoms in total. The largest absolute Gasteiger partial charge is 0.378 e. The number of aromatic amines is 1. The molecule has 0 unspecified atom stereocenters. The van der Waals surface area contributed by atoms with Gasteiger partial charge < -0.3 is 10.3 Å². The second-order valence-electron chi connectivity index (χ2n) is 4.92. The molecule has 3 aromatic rings. The number of rotatable bonds is 3. The van der Waals surface area contributed by atoms with Crippen LogP contribution in [0.2, 0.25) is 5.02 Å². The van der Waals surface area contributed by atoms with E-state index in [2.05, 4.69) is 61.2 Å². The van der Waals surface area contributed by atoms with Crippen LogP contribution in [0.25, 0.3) is 10.9 Å². The minimum Gasteiger partial charge on any atom is -0.378 e. The maximum Gasteiger partial charge on any atom is 0.0710 e. The Morgan fingerprint density at radius 2 is 1.81 bits per heavy atom. The predicted molar refractivity (Wildman–Crippen MR) is 97.2 cm³/mol. The fourth-order valence-electron chi connectivity index (χ4n) is 2.33. The highest BCUT2D eigenvalue weighted by Gasteiger charge is 2.11. The molecule has 3 rings (SSSR count). The van der Waals surface area contributed by atoms with Gasteiger partial charge in [-0.25, -0.2) is 0 Å². The number of aromatic nitrogens is 1. The average Bonchev–Trinajstić information content (AvgIpc) is 2.75. The Morgan fingerprint density at radius 3 is 2.48 bits per heavy atom. The van der Waals surface area contributed by atoms with Gasteiger partial charge >= 0.3 is 0 Å². The van der Waals surface area contributed by atoms with E-state index < -0.39 is 0 Å². The number of fused-ring (bicyclic) bond motifs is 1. The zero-order valence-electron chi connectivity index (χ0n) is 11.3. The van der Waals surface area contributed by atoms with E-state index >= 15 is 0 Å². The molecule has 0 amide bonds. The fraction of sp³-hybridized carbons (Fsp3) is 0.125. The highest BCUT2D eigenvalue weighted by atomic mass is 79.9. The van der Waals surface area contributed by atoms with Gasteiger partial charge in [-0.2, -0.15) is 0 Å². The van der Waals surface area contributed by atoms with Crippen molar-refractivity contribution >= 4 is 60.1 Å². The van der Waals surface area contributed by atoms with Crippen molar-refractivity contribution in [3.05, 3.63) is 61.6 Å². The van der Waals surface area contributed by atoms with Crippen LogP contribution < -0.4 is 5.32 Å². The van der Waals surface area contributed by atoms with Gasteiger partial charge in [-0.05, 0) is 62.5 Å². The van der Waals surface area contributed by atoms with Crippen LogP contribution in [-0.4, -0.2) is 4.98 Å². The average molecular weight is 429 g/mol. The number of para-hydroxylation sites is 1. The SMILES string of the molecule is Cc1cc(Br)c(NCc2[nH]c3ccccc3c2Cl)c(Br)c1. The van der Waals surface area contributed by atoms with Gasteiger partial charge in [0.15, 0.2) is 0 Å². The molecule has 2 aromatic carbocycles. The number of hydrogen-bond donors (Lipinski definition) is 2. The molecule has 0 saturated carbocycles. The normalized spacial score (nSPS) is 11.0. The van der Waals surface area contributed by atoms with Gasteiger partial charge in [0.2, 0.25) is 0 Å². The Morgan fingerprint density at radius 1 is 1.14 bits per heavy atom. The van der Waals surface area contributed by atoms with Gasteiger partial charge in [0.25, 0.3) is 0 Å². The quantitative estimate of drug-likeness (QED) is 0.506. The Kier molecular flexibility index (Phi) is 4.29. The predicted octanol–water partition coefficient (Wildman–Crippen LogP) is 6.27. The van der Waals surface area contributed by atoms with E-state index in [1.807, 2.05) is 24.3 Å². The summed E-state index contributed by atoms with van der Waals surface area (Å²) in [7, 11) is 0. The van der Waals surface area contributed by atoms with Crippen LogP contribution in [-0.2, 0) is 6.54 Å². The van der Waals surface area contributed by atoms with E-state index in [4.69, 9.17) is 11.6 Å². The molecule has 0 bridgehead atoms. The summed E-state index contributed by atoms with van der Waals surface area (Å²) in [6, 6.07) is 12.2. The minimum atomic E-state index is 0.633. The number of nitrogens with one attached hydrogen (secondary N) is 2. The van der Waals surface area contributed by atoms with E-state index in [1.165, 1.54) is 5.56 Å². The van der Waals surface area contributed by atoms with E-state index in [1.54, 1.807) is 0 Å². The summed E-state index contributed by atoms with van der Waals surface area (Å²) >= 11 is 13.6. The van der Waals surface area contributed by atoms with Crippen LogP contribution in [0.5, 0.6) is 0 Å². The van der Waals surface area contributed by atoms with Crippen molar-refractivity contribution in [2.24, 2.45) is 0 Å². The Labute approximate surface area is 145 Å². The fourth-order valence-corrected chi connectivity index (χ4v) is 4.31. The molecule has 0 fully saturated rings. The van der Waals surface area contributed by atoms with Crippen LogP contribution in [0.15, 0.2) is 45.3 Å². The number of H-pyrrole nitrogens is 1. The van der Waals surface area contributed by atoms with Gasteiger partial charge in [0.05, 0.1) is 22.9 Å². The molecule has 1 aromatic heterocycles. The summed E-state index contributed by atoms with van der Waals surface area (Å²) in [5, 5.41) is 5.25. The lowest BCUT2D eigenvalue weighted by molar-refractivity contribution is 1.08. The van der Waals surface area contributed by atoms with Crippen molar-refractivity contribution in [2.75, 3.05) is 5.32 Å². The zero-order valence-corrected chi connectivity index (χ0v) is 15.2. The molecule has 2 N–H and O–H groups in total. The summed E-state index contributed by atoms with van der Waals surface area (Å²) in [6.07, 6.45) is 0. The molecule has 21 heavy (non-hydrogen) atoms. The summed E-state index contributed by atoms with van der Waals surface area (Å²) in [5.41, 5.74) is 4.26. The smallest absolute Gasteiger partial charge is 0.0710 e. The summed E-state index contributed by atoms with van der Waals surface area (Å²) in [6.45, 7) is 2.70. The lowest BCUT2D eigenvalue weighted by Crippen LogP contribution is -2.02. The topological polar surface area (TPSA) is 27.8 Å². The third kappa shape index (κ3) is 2.98. The minimum absolute atomic E-state index is 0.633. The monoisotopic (exact) mass is 426 g/mol. The van der Waals surface area contributed by atoms with Crippen LogP contribution in [0.1, 0.15) is 11.3 Å². The Hall–Kier alpha value is -0.970. The lowest BCUT2D eigenvalue weighted by Gasteiger charge is -2.11. The molecule has 0 radical (unpaired) electrons. The van der Waals surface area contributed by atoms with Crippen molar-refractivity contribution < 1.29 is 0 Å². The van der Waals surface area contributed by atoms with Gasteiger partial charge in [0, 0.05) is 19.8 Å². The molecule has 0 aliphatic carbocycles. The van der Waals surface area contributed by atoms with E-state index in [0.717, 1.165) is 36.3 Å². The van der Waals surface area contributed by atoms with Crippen molar-refractivity contribution in [1.29, 1.82) is 0 Å². The van der Waals surface area contributed by atoms with Gasteiger partial charge in [-0.15, -0.1) is 0 Å². The van der Waals surface area contributed by atoms with Crippen LogP contribution in [0.4, 0.5) is 5.69 Å². The van der Waals surface area contributed by atoms with Crippen LogP contribution >= 0.6 is 43.5 Å². The molecule has 0 aliphatic heterocycles.